The van der Waals surface area contributed by atoms with E-state index in [1.165, 1.54) is 0 Å². The van der Waals surface area contributed by atoms with Gasteiger partial charge in [0.25, 0.3) is 0 Å². The quantitative estimate of drug-likeness (QED) is 0.624. The summed E-state index contributed by atoms with van der Waals surface area (Å²) in [6.45, 7) is 3.97. The molecule has 0 aromatic rings. The smallest absolute Gasteiger partial charge is 0.225 e. The largest absolute Gasteiger partial charge is 0.342 e. The van der Waals surface area contributed by atoms with Crippen LogP contribution in [0.1, 0.15) is 19.8 Å². The van der Waals surface area contributed by atoms with Crippen molar-refractivity contribution in [3.05, 3.63) is 0 Å². The van der Waals surface area contributed by atoms with Crippen molar-refractivity contribution >= 4 is 17.5 Å². The van der Waals surface area contributed by atoms with E-state index >= 15 is 0 Å². The zero-order valence-electron chi connectivity index (χ0n) is 8.00. The van der Waals surface area contributed by atoms with Gasteiger partial charge in [-0.2, -0.15) is 0 Å². The van der Waals surface area contributed by atoms with Crippen molar-refractivity contribution in [1.82, 2.24) is 4.90 Å². The molecule has 0 radical (unpaired) electrons. The van der Waals surface area contributed by atoms with Crippen molar-refractivity contribution < 1.29 is 4.79 Å². The summed E-state index contributed by atoms with van der Waals surface area (Å²) in [5.41, 5.74) is 0. The maximum absolute atomic E-state index is 11.8. The van der Waals surface area contributed by atoms with Gasteiger partial charge in [-0.25, -0.2) is 0 Å². The minimum Gasteiger partial charge on any atom is -0.342 e. The third kappa shape index (κ3) is 1.83. The third-order valence-electron chi connectivity index (χ3n) is 3.24. The second kappa shape index (κ2) is 3.49. The molecule has 0 aromatic carbocycles. The van der Waals surface area contributed by atoms with E-state index in [-0.39, 0.29) is 0 Å². The predicted octanol–water partition coefficient (Wildman–Crippen LogP) is 1.73. The van der Waals surface area contributed by atoms with Crippen LogP contribution in [0.4, 0.5) is 0 Å². The SMILES string of the molecule is CC1CC1C(=O)N1CCC(CCl)C1. The fourth-order valence-electron chi connectivity index (χ4n) is 2.06. The summed E-state index contributed by atoms with van der Waals surface area (Å²) in [4.78, 5) is 13.8. The van der Waals surface area contributed by atoms with Crippen LogP contribution in [0.5, 0.6) is 0 Å². The molecular weight excluding hydrogens is 186 g/mol. The maximum Gasteiger partial charge on any atom is 0.225 e. The molecule has 13 heavy (non-hydrogen) atoms. The standard InChI is InChI=1S/C10H16ClNO/c1-7-4-9(7)10(13)12-3-2-8(5-11)6-12/h7-9H,2-6H2,1H3. The number of rotatable bonds is 2. The van der Waals surface area contributed by atoms with Crippen molar-refractivity contribution in [1.29, 1.82) is 0 Å². The minimum absolute atomic E-state index is 0.342. The zero-order chi connectivity index (χ0) is 9.42. The van der Waals surface area contributed by atoms with Crippen molar-refractivity contribution in [3.8, 4) is 0 Å². The van der Waals surface area contributed by atoms with Crippen LogP contribution in [-0.4, -0.2) is 29.8 Å². The van der Waals surface area contributed by atoms with E-state index in [0.29, 0.717) is 29.5 Å². The number of carbonyl (C=O) groups excluding carboxylic acids is 1. The molecule has 1 heterocycles. The predicted molar refractivity (Wildman–Crippen MR) is 52.7 cm³/mol. The highest BCUT2D eigenvalue weighted by Gasteiger charge is 2.42. The fourth-order valence-corrected chi connectivity index (χ4v) is 2.31. The van der Waals surface area contributed by atoms with Crippen molar-refractivity contribution in [2.75, 3.05) is 19.0 Å². The Balaban J connectivity index is 1.85. The summed E-state index contributed by atoms with van der Waals surface area (Å²) in [6, 6.07) is 0. The van der Waals surface area contributed by atoms with Gasteiger partial charge in [-0.05, 0) is 24.7 Å². The molecule has 1 aliphatic carbocycles. The number of amides is 1. The minimum atomic E-state index is 0.342. The average Bonchev–Trinajstić information content (AvgIpc) is 2.70. The van der Waals surface area contributed by atoms with Gasteiger partial charge < -0.3 is 4.90 Å². The van der Waals surface area contributed by atoms with Crippen LogP contribution in [0.3, 0.4) is 0 Å². The molecule has 74 valence electrons. The van der Waals surface area contributed by atoms with Crippen molar-refractivity contribution in [2.24, 2.45) is 17.8 Å². The van der Waals surface area contributed by atoms with Crippen LogP contribution in [0.2, 0.25) is 0 Å². The molecule has 2 rings (SSSR count). The topological polar surface area (TPSA) is 20.3 Å². The van der Waals surface area contributed by atoms with Crippen LogP contribution in [0.25, 0.3) is 0 Å². The number of alkyl halides is 1. The first-order valence-corrected chi connectivity index (χ1v) is 5.60. The number of likely N-dealkylation sites (tertiary alicyclic amines) is 1. The molecule has 2 nitrogen and oxygen atoms in total. The molecule has 3 heteroatoms. The van der Waals surface area contributed by atoms with Gasteiger partial charge in [-0.15, -0.1) is 11.6 Å². The highest BCUT2D eigenvalue weighted by molar-refractivity contribution is 6.18. The summed E-state index contributed by atoms with van der Waals surface area (Å²) < 4.78 is 0. The molecule has 3 unspecified atom stereocenters. The lowest BCUT2D eigenvalue weighted by Gasteiger charge is -2.15. The summed E-state index contributed by atoms with van der Waals surface area (Å²) in [5, 5.41) is 0. The van der Waals surface area contributed by atoms with E-state index < -0.39 is 0 Å². The van der Waals surface area contributed by atoms with Gasteiger partial charge in [0.2, 0.25) is 5.91 Å². The van der Waals surface area contributed by atoms with Crippen molar-refractivity contribution in [3.63, 3.8) is 0 Å². The average molecular weight is 202 g/mol. The molecule has 3 atom stereocenters. The van der Waals surface area contributed by atoms with Crippen LogP contribution in [-0.2, 0) is 4.79 Å². The van der Waals surface area contributed by atoms with Gasteiger partial charge >= 0.3 is 0 Å². The van der Waals surface area contributed by atoms with Gasteiger partial charge in [-0.3, -0.25) is 4.79 Å². The highest BCUT2D eigenvalue weighted by atomic mass is 35.5. The molecule has 0 N–H and O–H groups in total. The lowest BCUT2D eigenvalue weighted by atomic mass is 10.2. The summed E-state index contributed by atoms with van der Waals surface area (Å²) in [7, 11) is 0. The Labute approximate surface area is 84.2 Å². The van der Waals surface area contributed by atoms with Crippen LogP contribution < -0.4 is 0 Å². The lowest BCUT2D eigenvalue weighted by molar-refractivity contribution is -0.131. The molecule has 0 aromatic heterocycles. The van der Waals surface area contributed by atoms with Gasteiger partial charge in [0.1, 0.15) is 0 Å². The Bertz CT molecular complexity index is 219. The summed E-state index contributed by atoms with van der Waals surface area (Å²) in [5.74, 6) is 2.58. The third-order valence-corrected chi connectivity index (χ3v) is 3.68. The molecule has 2 aliphatic rings. The van der Waals surface area contributed by atoms with E-state index in [2.05, 4.69) is 6.92 Å². The number of halogens is 1. The monoisotopic (exact) mass is 201 g/mol. The summed E-state index contributed by atoms with van der Waals surface area (Å²) >= 11 is 5.76. The molecule has 0 bridgehead atoms. The molecule has 1 saturated heterocycles. The normalized spacial score (nSPS) is 38.0. The Morgan fingerprint density at radius 3 is 2.77 bits per heavy atom. The second-order valence-corrected chi connectivity index (χ2v) is 4.72. The van der Waals surface area contributed by atoms with E-state index in [1.54, 1.807) is 0 Å². The number of nitrogens with zero attached hydrogens (tertiary/aromatic N) is 1. The van der Waals surface area contributed by atoms with E-state index in [4.69, 9.17) is 11.6 Å². The Morgan fingerprint density at radius 2 is 2.31 bits per heavy atom. The Morgan fingerprint density at radius 1 is 1.62 bits per heavy atom. The molecule has 2 fully saturated rings. The van der Waals surface area contributed by atoms with Gasteiger partial charge in [-0.1, -0.05) is 6.92 Å². The van der Waals surface area contributed by atoms with Crippen LogP contribution >= 0.6 is 11.6 Å². The maximum atomic E-state index is 11.8. The molecule has 0 spiro atoms. The fraction of sp³-hybridized carbons (Fsp3) is 0.900. The first-order valence-electron chi connectivity index (χ1n) is 5.07. The number of hydrogen-bond donors (Lipinski definition) is 0. The Hall–Kier alpha value is -0.240. The van der Waals surface area contributed by atoms with Gasteiger partial charge in [0.05, 0.1) is 0 Å². The first-order chi connectivity index (χ1) is 6.22. The van der Waals surface area contributed by atoms with E-state index in [9.17, 15) is 4.79 Å². The number of hydrogen-bond acceptors (Lipinski definition) is 1. The van der Waals surface area contributed by atoms with Gasteiger partial charge in [0, 0.05) is 24.9 Å². The highest BCUT2D eigenvalue weighted by Crippen LogP contribution is 2.40. The van der Waals surface area contributed by atoms with Crippen LogP contribution in [0, 0.1) is 17.8 Å². The second-order valence-electron chi connectivity index (χ2n) is 4.41. The van der Waals surface area contributed by atoms with E-state index in [0.717, 1.165) is 25.9 Å². The Kier molecular flexibility index (Phi) is 2.50. The van der Waals surface area contributed by atoms with E-state index in [1.807, 2.05) is 4.90 Å². The van der Waals surface area contributed by atoms with Crippen molar-refractivity contribution in [2.45, 2.75) is 19.8 Å². The first kappa shape index (κ1) is 9.32. The number of carbonyl (C=O) groups is 1. The molecule has 1 saturated carbocycles. The zero-order valence-corrected chi connectivity index (χ0v) is 8.76. The molecule has 1 amide bonds. The van der Waals surface area contributed by atoms with Gasteiger partial charge in [0.15, 0.2) is 0 Å². The molecule has 1 aliphatic heterocycles. The summed E-state index contributed by atoms with van der Waals surface area (Å²) in [6.07, 6.45) is 2.19. The lowest BCUT2D eigenvalue weighted by Crippen LogP contribution is -2.30. The molecular formula is C10H16ClNO. The van der Waals surface area contributed by atoms with Crippen LogP contribution in [0.15, 0.2) is 0 Å².